The Labute approximate surface area is 145 Å². The summed E-state index contributed by atoms with van der Waals surface area (Å²) in [6, 6.07) is 19.0. The lowest BCUT2D eigenvalue weighted by atomic mass is 10.2. The van der Waals surface area contributed by atoms with Crippen LogP contribution in [-0.2, 0) is 13.1 Å². The predicted octanol–water partition coefficient (Wildman–Crippen LogP) is 4.84. The number of nitrogens with one attached hydrogen (secondary N) is 1. The SMILES string of the molecule is Fc1cccc(Cn2cc(CNc3cccnc3)c3ccccc32)c1. The largest absolute Gasteiger partial charge is 0.380 e. The summed E-state index contributed by atoms with van der Waals surface area (Å²) in [5.74, 6) is -0.201. The van der Waals surface area contributed by atoms with E-state index < -0.39 is 0 Å². The monoisotopic (exact) mass is 331 g/mol. The Kier molecular flexibility index (Phi) is 4.17. The van der Waals surface area contributed by atoms with Crippen LogP contribution < -0.4 is 5.32 Å². The average Bonchev–Trinajstić information content (AvgIpc) is 2.99. The zero-order chi connectivity index (χ0) is 17.1. The van der Waals surface area contributed by atoms with Crippen LogP contribution >= 0.6 is 0 Å². The number of fused-ring (bicyclic) bond motifs is 1. The molecule has 0 aliphatic heterocycles. The molecule has 0 radical (unpaired) electrons. The second kappa shape index (κ2) is 6.77. The third-order valence-corrected chi connectivity index (χ3v) is 4.26. The molecule has 1 N–H and O–H groups in total. The number of nitrogens with zero attached hydrogens (tertiary/aromatic N) is 2. The van der Waals surface area contributed by atoms with E-state index in [2.05, 4.69) is 33.2 Å². The van der Waals surface area contributed by atoms with Gasteiger partial charge in [0.1, 0.15) is 5.82 Å². The highest BCUT2D eigenvalue weighted by molar-refractivity contribution is 5.84. The fourth-order valence-corrected chi connectivity index (χ4v) is 3.09. The number of hydrogen-bond donors (Lipinski definition) is 1. The lowest BCUT2D eigenvalue weighted by Gasteiger charge is -2.05. The van der Waals surface area contributed by atoms with Gasteiger partial charge in [0, 0.05) is 42.6 Å². The Balaban J connectivity index is 1.64. The fraction of sp³-hybridized carbons (Fsp3) is 0.0952. The van der Waals surface area contributed by atoms with Crippen LogP contribution in [0, 0.1) is 5.82 Å². The van der Waals surface area contributed by atoms with Gasteiger partial charge in [0.05, 0.1) is 5.69 Å². The Hall–Kier alpha value is -3.14. The van der Waals surface area contributed by atoms with Crippen molar-refractivity contribution in [3.63, 3.8) is 0 Å². The van der Waals surface area contributed by atoms with Crippen molar-refractivity contribution in [3.05, 3.63) is 96.2 Å². The number of para-hydroxylation sites is 1. The van der Waals surface area contributed by atoms with Crippen molar-refractivity contribution in [2.75, 3.05) is 5.32 Å². The fourth-order valence-electron chi connectivity index (χ4n) is 3.09. The van der Waals surface area contributed by atoms with Crippen molar-refractivity contribution in [1.29, 1.82) is 0 Å². The molecule has 0 aliphatic rings. The number of rotatable bonds is 5. The minimum atomic E-state index is -0.201. The van der Waals surface area contributed by atoms with Gasteiger partial charge in [0.15, 0.2) is 0 Å². The molecule has 0 aliphatic carbocycles. The van der Waals surface area contributed by atoms with Gasteiger partial charge in [-0.3, -0.25) is 4.98 Å². The van der Waals surface area contributed by atoms with E-state index in [0.717, 1.165) is 16.8 Å². The van der Waals surface area contributed by atoms with Gasteiger partial charge in [-0.2, -0.15) is 0 Å². The van der Waals surface area contributed by atoms with Crippen molar-refractivity contribution in [1.82, 2.24) is 9.55 Å². The van der Waals surface area contributed by atoms with Gasteiger partial charge in [-0.05, 0) is 41.5 Å². The maximum atomic E-state index is 13.5. The van der Waals surface area contributed by atoms with Gasteiger partial charge in [-0.25, -0.2) is 4.39 Å². The second-order valence-corrected chi connectivity index (χ2v) is 6.02. The van der Waals surface area contributed by atoms with Crippen molar-refractivity contribution in [2.24, 2.45) is 0 Å². The standard InChI is InChI=1S/C21H18FN3/c22-18-6-3-5-16(11-18)14-25-15-17(20-8-1-2-9-21(20)25)12-24-19-7-4-10-23-13-19/h1-11,13,15,24H,12,14H2. The molecule has 0 fully saturated rings. The molecule has 4 rings (SSSR count). The quantitative estimate of drug-likeness (QED) is 0.567. The molecular weight excluding hydrogens is 313 g/mol. The van der Waals surface area contributed by atoms with Crippen molar-refractivity contribution in [2.45, 2.75) is 13.1 Å². The van der Waals surface area contributed by atoms with Gasteiger partial charge in [0.25, 0.3) is 0 Å². The number of halogens is 1. The smallest absolute Gasteiger partial charge is 0.123 e. The maximum absolute atomic E-state index is 13.5. The molecule has 124 valence electrons. The average molecular weight is 331 g/mol. The highest BCUT2D eigenvalue weighted by Gasteiger charge is 2.09. The van der Waals surface area contributed by atoms with Crippen LogP contribution in [0.4, 0.5) is 10.1 Å². The summed E-state index contributed by atoms with van der Waals surface area (Å²) in [6.45, 7) is 1.35. The van der Waals surface area contributed by atoms with Crippen LogP contribution in [0.2, 0.25) is 0 Å². The summed E-state index contributed by atoms with van der Waals surface area (Å²) in [5, 5.41) is 4.61. The molecule has 2 aromatic carbocycles. The number of pyridine rings is 1. The molecule has 2 aromatic heterocycles. The van der Waals surface area contributed by atoms with E-state index in [4.69, 9.17) is 0 Å². The van der Waals surface area contributed by atoms with Crippen LogP contribution in [0.25, 0.3) is 10.9 Å². The number of anilines is 1. The van der Waals surface area contributed by atoms with Gasteiger partial charge in [0.2, 0.25) is 0 Å². The molecule has 2 heterocycles. The molecule has 4 aromatic rings. The first kappa shape index (κ1) is 15.4. The first-order valence-corrected chi connectivity index (χ1v) is 8.25. The van der Waals surface area contributed by atoms with Crippen LogP contribution in [-0.4, -0.2) is 9.55 Å². The Morgan fingerprint density at radius 1 is 1.00 bits per heavy atom. The van der Waals surface area contributed by atoms with Crippen molar-refractivity contribution in [3.8, 4) is 0 Å². The lowest BCUT2D eigenvalue weighted by Crippen LogP contribution is -2.00. The lowest BCUT2D eigenvalue weighted by molar-refractivity contribution is 0.624. The normalized spacial score (nSPS) is 10.9. The zero-order valence-corrected chi connectivity index (χ0v) is 13.7. The molecule has 0 saturated heterocycles. The molecule has 0 bridgehead atoms. The molecule has 0 unspecified atom stereocenters. The minimum Gasteiger partial charge on any atom is -0.380 e. The van der Waals surface area contributed by atoms with Crippen LogP contribution in [0.3, 0.4) is 0 Å². The molecule has 25 heavy (non-hydrogen) atoms. The van der Waals surface area contributed by atoms with Crippen LogP contribution in [0.15, 0.2) is 79.3 Å². The predicted molar refractivity (Wildman–Crippen MR) is 99.0 cm³/mol. The van der Waals surface area contributed by atoms with Crippen molar-refractivity contribution >= 4 is 16.6 Å². The summed E-state index contributed by atoms with van der Waals surface area (Å²) in [5.41, 5.74) is 4.29. The molecule has 3 nitrogen and oxygen atoms in total. The minimum absolute atomic E-state index is 0.201. The maximum Gasteiger partial charge on any atom is 0.123 e. The van der Waals surface area contributed by atoms with E-state index in [1.54, 1.807) is 18.3 Å². The highest BCUT2D eigenvalue weighted by atomic mass is 19.1. The first-order chi connectivity index (χ1) is 12.3. The first-order valence-electron chi connectivity index (χ1n) is 8.25. The van der Waals surface area contributed by atoms with Gasteiger partial charge >= 0.3 is 0 Å². The third-order valence-electron chi connectivity index (χ3n) is 4.26. The molecule has 0 amide bonds. The summed E-state index contributed by atoms with van der Waals surface area (Å²) in [7, 11) is 0. The Morgan fingerprint density at radius 2 is 1.92 bits per heavy atom. The van der Waals surface area contributed by atoms with E-state index in [9.17, 15) is 4.39 Å². The van der Waals surface area contributed by atoms with E-state index >= 15 is 0 Å². The molecule has 4 heteroatoms. The zero-order valence-electron chi connectivity index (χ0n) is 13.7. The number of aromatic nitrogens is 2. The van der Waals surface area contributed by atoms with Crippen molar-refractivity contribution < 1.29 is 4.39 Å². The molecule has 0 atom stereocenters. The van der Waals surface area contributed by atoms with Crippen LogP contribution in [0.1, 0.15) is 11.1 Å². The summed E-state index contributed by atoms with van der Waals surface area (Å²) >= 11 is 0. The van der Waals surface area contributed by atoms with E-state index in [1.807, 2.05) is 36.5 Å². The summed E-state index contributed by atoms with van der Waals surface area (Å²) in [6.07, 6.45) is 5.71. The van der Waals surface area contributed by atoms with Gasteiger partial charge < -0.3 is 9.88 Å². The number of benzene rings is 2. The topological polar surface area (TPSA) is 29.9 Å². The Bertz CT molecular complexity index is 992. The van der Waals surface area contributed by atoms with E-state index in [1.165, 1.54) is 17.0 Å². The van der Waals surface area contributed by atoms with Gasteiger partial charge in [-0.15, -0.1) is 0 Å². The molecule has 0 saturated carbocycles. The molecule has 0 spiro atoms. The van der Waals surface area contributed by atoms with E-state index in [-0.39, 0.29) is 5.82 Å². The van der Waals surface area contributed by atoms with Gasteiger partial charge in [-0.1, -0.05) is 30.3 Å². The Morgan fingerprint density at radius 3 is 2.76 bits per heavy atom. The summed E-state index contributed by atoms with van der Waals surface area (Å²) < 4.78 is 15.6. The second-order valence-electron chi connectivity index (χ2n) is 6.02. The summed E-state index contributed by atoms with van der Waals surface area (Å²) in [4.78, 5) is 4.13. The number of hydrogen-bond acceptors (Lipinski definition) is 2. The van der Waals surface area contributed by atoms with E-state index in [0.29, 0.717) is 13.1 Å². The molecular formula is C21H18FN3. The van der Waals surface area contributed by atoms with Crippen LogP contribution in [0.5, 0.6) is 0 Å². The highest BCUT2D eigenvalue weighted by Crippen LogP contribution is 2.23. The third kappa shape index (κ3) is 3.38.